The number of aryl methyl sites for hydroxylation is 1. The van der Waals surface area contributed by atoms with E-state index >= 15 is 0 Å². The zero-order chi connectivity index (χ0) is 32.4. The van der Waals surface area contributed by atoms with Gasteiger partial charge in [-0.1, -0.05) is 36.4 Å². The average Bonchev–Trinajstić information content (AvgIpc) is 3.07. The Kier molecular flexibility index (Phi) is 11.3. The lowest BCUT2D eigenvalue weighted by Crippen LogP contribution is -2.40. The second-order valence-corrected chi connectivity index (χ2v) is 9.76. The SMILES string of the molecule is CN1C(=O)CN(C(CC(=O)O)c2ccccc2)C(=O)c2cc(CCCCOc3cccnc3N)ccc21.O=C(O)C(F)(F)F. The number of ether oxygens (including phenoxy) is 1. The van der Waals surface area contributed by atoms with E-state index in [-0.39, 0.29) is 24.8 Å². The van der Waals surface area contributed by atoms with Crippen LogP contribution in [0, 0.1) is 0 Å². The normalized spacial score (nSPS) is 13.7. The highest BCUT2D eigenvalue weighted by Crippen LogP contribution is 2.33. The van der Waals surface area contributed by atoms with Gasteiger partial charge in [0.05, 0.1) is 30.3 Å². The molecule has 0 fully saturated rings. The molecule has 1 aliphatic rings. The van der Waals surface area contributed by atoms with E-state index in [0.29, 0.717) is 41.4 Å². The van der Waals surface area contributed by atoms with Crippen LogP contribution in [0.4, 0.5) is 24.7 Å². The van der Waals surface area contributed by atoms with E-state index < -0.39 is 24.2 Å². The van der Waals surface area contributed by atoms with Crippen molar-refractivity contribution in [3.8, 4) is 5.75 Å². The first-order valence-corrected chi connectivity index (χ1v) is 13.4. The van der Waals surface area contributed by atoms with Crippen molar-refractivity contribution in [2.24, 2.45) is 0 Å². The van der Waals surface area contributed by atoms with E-state index in [0.717, 1.165) is 18.4 Å². The molecule has 0 saturated heterocycles. The minimum Gasteiger partial charge on any atom is -0.490 e. The topological polar surface area (TPSA) is 163 Å². The molecule has 14 heteroatoms. The number of likely N-dealkylation sites (N-methyl/N-ethyl adjacent to an activating group) is 1. The molecule has 0 spiro atoms. The van der Waals surface area contributed by atoms with Crippen molar-refractivity contribution < 1.29 is 47.3 Å². The Balaban J connectivity index is 0.000000676. The number of amides is 2. The van der Waals surface area contributed by atoms with E-state index in [1.165, 1.54) is 9.80 Å². The maximum atomic E-state index is 13.8. The van der Waals surface area contributed by atoms with Crippen LogP contribution in [0.3, 0.4) is 0 Å². The number of hydrogen-bond acceptors (Lipinski definition) is 7. The number of nitrogen functional groups attached to an aromatic ring is 1. The Morgan fingerprint density at radius 2 is 1.73 bits per heavy atom. The summed E-state index contributed by atoms with van der Waals surface area (Å²) in [6.45, 7) is 0.278. The van der Waals surface area contributed by atoms with Gasteiger partial charge in [0.15, 0.2) is 11.6 Å². The summed E-state index contributed by atoms with van der Waals surface area (Å²) in [5.74, 6) is -3.53. The molecule has 1 aliphatic heterocycles. The number of nitrogens with zero attached hydrogens (tertiary/aromatic N) is 3. The fourth-order valence-corrected chi connectivity index (χ4v) is 4.45. The van der Waals surface area contributed by atoms with Crippen molar-refractivity contribution >= 4 is 35.3 Å². The van der Waals surface area contributed by atoms with Crippen LogP contribution in [0.1, 0.15) is 46.8 Å². The predicted octanol–water partition coefficient (Wildman–Crippen LogP) is 4.33. The van der Waals surface area contributed by atoms with Crippen LogP contribution in [0.5, 0.6) is 5.75 Å². The van der Waals surface area contributed by atoms with Gasteiger partial charge in [-0.25, -0.2) is 9.78 Å². The number of aliphatic carboxylic acids is 2. The lowest BCUT2D eigenvalue weighted by Gasteiger charge is -2.29. The van der Waals surface area contributed by atoms with Gasteiger partial charge in [0.25, 0.3) is 5.91 Å². The summed E-state index contributed by atoms with van der Waals surface area (Å²) in [5, 5.41) is 16.7. The third kappa shape index (κ3) is 8.93. The van der Waals surface area contributed by atoms with Crippen LogP contribution in [0.25, 0.3) is 0 Å². The highest BCUT2D eigenvalue weighted by atomic mass is 19.4. The van der Waals surface area contributed by atoms with Crippen LogP contribution in [0.2, 0.25) is 0 Å². The number of carbonyl (C=O) groups excluding carboxylic acids is 2. The Bertz CT molecular complexity index is 1480. The fourth-order valence-electron chi connectivity index (χ4n) is 4.45. The molecule has 3 aromatic rings. The summed E-state index contributed by atoms with van der Waals surface area (Å²) in [4.78, 5) is 54.2. The predicted molar refractivity (Wildman–Crippen MR) is 153 cm³/mol. The molecule has 0 bridgehead atoms. The van der Waals surface area contributed by atoms with Gasteiger partial charge in [-0.3, -0.25) is 14.4 Å². The number of carboxylic acids is 2. The van der Waals surface area contributed by atoms with Gasteiger partial charge in [-0.2, -0.15) is 13.2 Å². The Labute approximate surface area is 250 Å². The highest BCUT2D eigenvalue weighted by Gasteiger charge is 2.38. The molecule has 234 valence electrons. The maximum Gasteiger partial charge on any atom is 0.490 e. The van der Waals surface area contributed by atoms with Gasteiger partial charge >= 0.3 is 18.1 Å². The number of anilines is 2. The number of pyridine rings is 1. The molecule has 1 atom stereocenters. The van der Waals surface area contributed by atoms with Crippen molar-refractivity contribution in [3.05, 3.63) is 83.6 Å². The van der Waals surface area contributed by atoms with E-state index in [2.05, 4.69) is 4.98 Å². The summed E-state index contributed by atoms with van der Waals surface area (Å²) in [6.07, 6.45) is -1.47. The summed E-state index contributed by atoms with van der Waals surface area (Å²) >= 11 is 0. The first-order chi connectivity index (χ1) is 20.8. The zero-order valence-corrected chi connectivity index (χ0v) is 23.7. The number of rotatable bonds is 10. The van der Waals surface area contributed by atoms with Gasteiger partial charge in [0, 0.05) is 13.2 Å². The standard InChI is InChI=1S/C28H30N4O5.C2HF3O2/c1-31-22-13-12-19(8-5-6-15-37-24-11-7-14-30-27(24)29)16-21(22)28(36)32(18-25(31)33)23(17-26(34)35)20-9-3-2-4-10-20;3-2(4,5)1(6)7/h2-4,7,9-14,16,23H,5-6,8,15,17-18H2,1H3,(H2,29,30)(H,34,35);(H,6,7). The fraction of sp³-hybridized carbons (Fsp3) is 0.300. The van der Waals surface area contributed by atoms with E-state index in [9.17, 15) is 32.7 Å². The molecule has 1 unspecified atom stereocenters. The molecule has 2 aromatic carbocycles. The number of alkyl halides is 3. The Hall–Kier alpha value is -5.14. The molecule has 2 heterocycles. The minimum atomic E-state index is -5.08. The Morgan fingerprint density at radius 1 is 1.05 bits per heavy atom. The summed E-state index contributed by atoms with van der Waals surface area (Å²) in [5.41, 5.74) is 8.32. The lowest BCUT2D eigenvalue weighted by atomic mass is 9.99. The van der Waals surface area contributed by atoms with Crippen molar-refractivity contribution in [2.45, 2.75) is 37.9 Å². The van der Waals surface area contributed by atoms with Gasteiger partial charge in [0.2, 0.25) is 5.91 Å². The average molecular weight is 617 g/mol. The Morgan fingerprint density at radius 3 is 2.34 bits per heavy atom. The zero-order valence-electron chi connectivity index (χ0n) is 23.7. The van der Waals surface area contributed by atoms with Crippen molar-refractivity contribution in [1.29, 1.82) is 0 Å². The highest BCUT2D eigenvalue weighted by molar-refractivity contribution is 6.09. The summed E-state index contributed by atoms with van der Waals surface area (Å²) in [7, 11) is 1.63. The van der Waals surface area contributed by atoms with Gasteiger partial charge < -0.3 is 30.5 Å². The number of halogens is 3. The van der Waals surface area contributed by atoms with Crippen molar-refractivity contribution in [3.63, 3.8) is 0 Å². The first-order valence-electron chi connectivity index (χ1n) is 13.4. The molecule has 0 radical (unpaired) electrons. The number of benzene rings is 2. The monoisotopic (exact) mass is 616 g/mol. The van der Waals surface area contributed by atoms with Gasteiger partial charge in [0.1, 0.15) is 6.54 Å². The summed E-state index contributed by atoms with van der Waals surface area (Å²) < 4.78 is 37.4. The number of fused-ring (bicyclic) bond motifs is 1. The molecular weight excluding hydrogens is 585 g/mol. The van der Waals surface area contributed by atoms with E-state index in [1.54, 1.807) is 55.7 Å². The molecule has 2 amide bonds. The number of carbonyl (C=O) groups is 4. The lowest BCUT2D eigenvalue weighted by molar-refractivity contribution is -0.192. The van der Waals surface area contributed by atoms with Crippen LogP contribution < -0.4 is 15.4 Å². The van der Waals surface area contributed by atoms with E-state index in [4.69, 9.17) is 20.4 Å². The third-order valence-corrected chi connectivity index (χ3v) is 6.68. The largest absolute Gasteiger partial charge is 0.490 e. The second kappa shape index (κ2) is 14.8. The number of carboxylic acid groups (broad SMARTS) is 2. The molecule has 0 saturated carbocycles. The van der Waals surface area contributed by atoms with Crippen LogP contribution in [-0.2, 0) is 20.8 Å². The maximum absolute atomic E-state index is 13.8. The number of aromatic nitrogens is 1. The van der Waals surface area contributed by atoms with Gasteiger partial charge in [-0.15, -0.1) is 0 Å². The number of unbranched alkanes of at least 4 members (excludes halogenated alkanes) is 1. The molecule has 1 aromatic heterocycles. The molecule has 0 aliphatic carbocycles. The molecule has 11 nitrogen and oxygen atoms in total. The second-order valence-electron chi connectivity index (χ2n) is 9.76. The van der Waals surface area contributed by atoms with Crippen LogP contribution in [0.15, 0.2) is 66.9 Å². The molecule has 4 N–H and O–H groups in total. The molecular formula is C30H31F3N4O7. The smallest absolute Gasteiger partial charge is 0.490 e. The quantitative estimate of drug-likeness (QED) is 0.281. The minimum absolute atomic E-state index is 0.207. The van der Waals surface area contributed by atoms with Crippen molar-refractivity contribution in [2.75, 3.05) is 30.8 Å². The summed E-state index contributed by atoms with van der Waals surface area (Å²) in [6, 6.07) is 17.2. The first kappa shape index (κ1) is 33.4. The van der Waals surface area contributed by atoms with Crippen molar-refractivity contribution in [1.82, 2.24) is 9.88 Å². The van der Waals surface area contributed by atoms with E-state index in [1.807, 2.05) is 18.2 Å². The molecule has 4 rings (SSSR count). The molecule has 44 heavy (non-hydrogen) atoms. The van der Waals surface area contributed by atoms with Crippen LogP contribution in [-0.4, -0.2) is 70.2 Å². The van der Waals surface area contributed by atoms with Crippen LogP contribution >= 0.6 is 0 Å². The third-order valence-electron chi connectivity index (χ3n) is 6.68. The number of hydrogen-bond donors (Lipinski definition) is 3. The van der Waals surface area contributed by atoms with Gasteiger partial charge in [-0.05, 0) is 54.7 Å². The number of nitrogens with two attached hydrogens (primary N) is 1.